The van der Waals surface area contributed by atoms with E-state index >= 15 is 0 Å². The molecule has 0 aromatic carbocycles. The predicted molar refractivity (Wildman–Crippen MR) is 72.0 cm³/mol. The maximum atomic E-state index is 12.0. The summed E-state index contributed by atoms with van der Waals surface area (Å²) in [4.78, 5) is 24.8. The van der Waals surface area contributed by atoms with Gasteiger partial charge in [0.2, 0.25) is 17.0 Å². The molecule has 2 heterocycles. The summed E-state index contributed by atoms with van der Waals surface area (Å²) < 4.78 is 1.83. The summed E-state index contributed by atoms with van der Waals surface area (Å²) in [6.45, 7) is 0.547. The summed E-state index contributed by atoms with van der Waals surface area (Å²) in [5.41, 5.74) is 0. The van der Waals surface area contributed by atoms with Crippen LogP contribution in [0, 0.1) is 0 Å². The van der Waals surface area contributed by atoms with Gasteiger partial charge in [0.05, 0.1) is 11.8 Å². The van der Waals surface area contributed by atoms with Gasteiger partial charge in [-0.3, -0.25) is 14.5 Å². The molecule has 2 amide bonds. The van der Waals surface area contributed by atoms with E-state index in [1.54, 1.807) is 0 Å². The van der Waals surface area contributed by atoms with E-state index < -0.39 is 0 Å². The van der Waals surface area contributed by atoms with Crippen molar-refractivity contribution in [1.29, 1.82) is 0 Å². The highest BCUT2D eigenvalue weighted by Crippen LogP contribution is 2.31. The molecule has 1 aromatic rings. The summed E-state index contributed by atoms with van der Waals surface area (Å²) in [6, 6.07) is 0.357. The minimum atomic E-state index is -0.140. The molecule has 1 aromatic heterocycles. The zero-order valence-electron chi connectivity index (χ0n) is 11.2. The van der Waals surface area contributed by atoms with Crippen LogP contribution in [0.25, 0.3) is 0 Å². The zero-order chi connectivity index (χ0) is 13.9. The fourth-order valence-corrected chi connectivity index (χ4v) is 3.60. The fourth-order valence-electron chi connectivity index (χ4n) is 2.77. The lowest BCUT2D eigenvalue weighted by atomic mass is 10.3. The van der Waals surface area contributed by atoms with Crippen molar-refractivity contribution < 1.29 is 9.59 Å². The van der Waals surface area contributed by atoms with Crippen molar-refractivity contribution in [2.75, 3.05) is 12.3 Å². The Bertz CT molecular complexity index is 512. The number of likely N-dealkylation sites (tertiary alicyclic amines) is 1. The average Bonchev–Trinajstić information content (AvgIpc) is 3.16. The Balaban J connectivity index is 1.59. The molecule has 2 aliphatic rings. The number of tetrazole rings is 1. The van der Waals surface area contributed by atoms with Crippen LogP contribution in [-0.4, -0.2) is 49.2 Å². The van der Waals surface area contributed by atoms with Crippen LogP contribution in [-0.2, 0) is 9.59 Å². The van der Waals surface area contributed by atoms with Gasteiger partial charge >= 0.3 is 0 Å². The van der Waals surface area contributed by atoms with Crippen LogP contribution in [0.1, 0.15) is 44.6 Å². The summed E-state index contributed by atoms with van der Waals surface area (Å²) in [6.07, 6.45) is 5.85. The van der Waals surface area contributed by atoms with Gasteiger partial charge in [-0.25, -0.2) is 4.68 Å². The van der Waals surface area contributed by atoms with Gasteiger partial charge in [0.25, 0.3) is 0 Å². The van der Waals surface area contributed by atoms with Crippen molar-refractivity contribution in [1.82, 2.24) is 25.1 Å². The first-order valence-electron chi connectivity index (χ1n) is 6.99. The molecule has 108 valence electrons. The summed E-state index contributed by atoms with van der Waals surface area (Å²) >= 11 is 1.32. The lowest BCUT2D eigenvalue weighted by Gasteiger charge is -2.14. The predicted octanol–water partition coefficient (Wildman–Crippen LogP) is 1.03. The first-order chi connectivity index (χ1) is 9.75. The number of imide groups is 1. The smallest absolute Gasteiger partial charge is 0.239 e. The van der Waals surface area contributed by atoms with Crippen LogP contribution in [0.3, 0.4) is 0 Å². The van der Waals surface area contributed by atoms with Gasteiger partial charge in [0.15, 0.2) is 0 Å². The molecular weight excluding hydrogens is 278 g/mol. The number of rotatable bonds is 4. The summed E-state index contributed by atoms with van der Waals surface area (Å²) in [5, 5.41) is 12.4. The number of carbonyl (C=O) groups is 2. The molecule has 20 heavy (non-hydrogen) atoms. The van der Waals surface area contributed by atoms with Crippen molar-refractivity contribution in [2.45, 2.75) is 49.7 Å². The van der Waals surface area contributed by atoms with Crippen molar-refractivity contribution in [2.24, 2.45) is 0 Å². The minimum Gasteiger partial charge on any atom is -0.282 e. The third-order valence-corrected chi connectivity index (χ3v) is 4.75. The molecule has 3 rings (SSSR count). The highest BCUT2D eigenvalue weighted by Gasteiger charge is 2.27. The fraction of sp³-hybridized carbons (Fsp3) is 0.750. The normalized spacial score (nSPS) is 20.0. The van der Waals surface area contributed by atoms with E-state index in [4.69, 9.17) is 0 Å². The molecule has 7 nitrogen and oxygen atoms in total. The Kier molecular flexibility index (Phi) is 4.00. The van der Waals surface area contributed by atoms with Crippen molar-refractivity contribution >= 4 is 23.6 Å². The number of amides is 2. The van der Waals surface area contributed by atoms with Crippen LogP contribution in [0.15, 0.2) is 5.16 Å². The minimum absolute atomic E-state index is 0.0639. The average molecular weight is 295 g/mol. The lowest BCUT2D eigenvalue weighted by Crippen LogP contribution is -2.33. The molecule has 0 spiro atoms. The molecule has 1 saturated heterocycles. The van der Waals surface area contributed by atoms with Crippen LogP contribution >= 0.6 is 11.8 Å². The zero-order valence-corrected chi connectivity index (χ0v) is 12.0. The van der Waals surface area contributed by atoms with Gasteiger partial charge < -0.3 is 0 Å². The first kappa shape index (κ1) is 13.5. The lowest BCUT2D eigenvalue weighted by molar-refractivity contribution is -0.140. The second kappa shape index (κ2) is 5.90. The van der Waals surface area contributed by atoms with Gasteiger partial charge in [-0.15, -0.1) is 5.10 Å². The Labute approximate surface area is 121 Å². The second-order valence-corrected chi connectivity index (χ2v) is 6.12. The molecule has 1 aliphatic carbocycles. The van der Waals surface area contributed by atoms with Gasteiger partial charge in [-0.1, -0.05) is 24.6 Å². The molecule has 0 N–H and O–H groups in total. The van der Waals surface area contributed by atoms with E-state index in [0.29, 0.717) is 24.2 Å². The number of carbonyl (C=O) groups excluding carboxylic acids is 2. The Morgan fingerprint density at radius 2 is 2.10 bits per heavy atom. The topological polar surface area (TPSA) is 81.0 Å². The maximum absolute atomic E-state index is 12.0. The molecule has 8 heteroatoms. The molecule has 0 unspecified atom stereocenters. The quantitative estimate of drug-likeness (QED) is 0.772. The first-order valence-corrected chi connectivity index (χ1v) is 7.98. The van der Waals surface area contributed by atoms with Crippen molar-refractivity contribution in [3.05, 3.63) is 0 Å². The number of nitrogens with zero attached hydrogens (tertiary/aromatic N) is 5. The molecule has 1 aliphatic heterocycles. The van der Waals surface area contributed by atoms with E-state index in [0.717, 1.165) is 19.3 Å². The SMILES string of the molecule is O=C1CCCN1C(=O)CSc1nnnn1C1CCCC1. The van der Waals surface area contributed by atoms with Crippen LogP contribution in [0.2, 0.25) is 0 Å². The summed E-state index contributed by atoms with van der Waals surface area (Å²) in [5.74, 6) is 0.0169. The van der Waals surface area contributed by atoms with E-state index in [1.165, 1.54) is 29.5 Å². The van der Waals surface area contributed by atoms with E-state index in [-0.39, 0.29) is 17.6 Å². The molecular formula is C12H17N5O2S. The van der Waals surface area contributed by atoms with Crippen LogP contribution in [0.4, 0.5) is 0 Å². The molecule has 2 fully saturated rings. The molecule has 0 atom stereocenters. The van der Waals surface area contributed by atoms with Crippen LogP contribution < -0.4 is 0 Å². The van der Waals surface area contributed by atoms with Crippen molar-refractivity contribution in [3.63, 3.8) is 0 Å². The van der Waals surface area contributed by atoms with Crippen LogP contribution in [0.5, 0.6) is 0 Å². The number of aromatic nitrogens is 4. The number of hydrogen-bond donors (Lipinski definition) is 0. The molecule has 0 bridgehead atoms. The summed E-state index contributed by atoms with van der Waals surface area (Å²) in [7, 11) is 0. The monoisotopic (exact) mass is 295 g/mol. The third kappa shape index (κ3) is 2.70. The highest BCUT2D eigenvalue weighted by atomic mass is 32.2. The maximum Gasteiger partial charge on any atom is 0.239 e. The number of hydrogen-bond acceptors (Lipinski definition) is 6. The highest BCUT2D eigenvalue weighted by molar-refractivity contribution is 7.99. The molecule has 1 saturated carbocycles. The Morgan fingerprint density at radius 1 is 1.30 bits per heavy atom. The number of thioether (sulfide) groups is 1. The van der Waals surface area contributed by atoms with Gasteiger partial charge in [0.1, 0.15) is 0 Å². The van der Waals surface area contributed by atoms with Crippen molar-refractivity contribution in [3.8, 4) is 0 Å². The Hall–Kier alpha value is -1.44. The van der Waals surface area contributed by atoms with Gasteiger partial charge in [-0.05, 0) is 29.7 Å². The largest absolute Gasteiger partial charge is 0.282 e. The van der Waals surface area contributed by atoms with E-state index in [2.05, 4.69) is 15.5 Å². The third-order valence-electron chi connectivity index (χ3n) is 3.83. The standard InChI is InChI=1S/C12H17N5O2S/c18-10-6-3-7-16(10)11(19)8-20-12-13-14-15-17(12)9-4-1-2-5-9/h9H,1-8H2. The van der Waals surface area contributed by atoms with E-state index in [9.17, 15) is 9.59 Å². The Morgan fingerprint density at radius 3 is 2.80 bits per heavy atom. The second-order valence-electron chi connectivity index (χ2n) is 5.18. The van der Waals surface area contributed by atoms with Gasteiger partial charge in [-0.2, -0.15) is 0 Å². The van der Waals surface area contributed by atoms with E-state index in [1.807, 2.05) is 4.68 Å². The molecule has 0 radical (unpaired) electrons. The van der Waals surface area contributed by atoms with Gasteiger partial charge in [0, 0.05) is 13.0 Å².